The summed E-state index contributed by atoms with van der Waals surface area (Å²) >= 11 is 0. The van der Waals surface area contributed by atoms with Crippen molar-refractivity contribution >= 4 is 17.3 Å². The first-order valence-corrected chi connectivity index (χ1v) is 5.71. The van der Waals surface area contributed by atoms with E-state index < -0.39 is 22.1 Å². The Kier molecular flexibility index (Phi) is 4.42. The minimum atomic E-state index is -1.02. The summed E-state index contributed by atoms with van der Waals surface area (Å²) in [7, 11) is 0. The van der Waals surface area contributed by atoms with Gasteiger partial charge >= 0.3 is 5.97 Å². The summed E-state index contributed by atoms with van der Waals surface area (Å²) in [5.41, 5.74) is -1.32. The van der Waals surface area contributed by atoms with Gasteiger partial charge in [-0.05, 0) is 19.4 Å². The van der Waals surface area contributed by atoms with E-state index in [0.717, 1.165) is 12.1 Å². The van der Waals surface area contributed by atoms with Crippen LogP contribution in [-0.4, -0.2) is 22.5 Å². The number of aliphatic carboxylic acids is 1. The van der Waals surface area contributed by atoms with E-state index >= 15 is 0 Å². The molecular weight excluding hydrogens is 255 g/mol. The summed E-state index contributed by atoms with van der Waals surface area (Å²) in [6.07, 6.45) is 0.379. The molecule has 0 saturated heterocycles. The van der Waals surface area contributed by atoms with Crippen LogP contribution in [0.3, 0.4) is 0 Å². The van der Waals surface area contributed by atoms with Crippen LogP contribution in [0, 0.1) is 21.3 Å². The molecular formula is C12H15FN2O4. The topological polar surface area (TPSA) is 92.5 Å². The quantitative estimate of drug-likeness (QED) is 0.612. The largest absolute Gasteiger partial charge is 0.481 e. The van der Waals surface area contributed by atoms with Crippen LogP contribution in [0.15, 0.2) is 18.2 Å². The Morgan fingerprint density at radius 2 is 2.21 bits per heavy atom. The number of nitro benzene ring substituents is 1. The lowest BCUT2D eigenvalue weighted by Gasteiger charge is -2.23. The van der Waals surface area contributed by atoms with Gasteiger partial charge < -0.3 is 10.4 Å². The Balaban J connectivity index is 2.84. The van der Waals surface area contributed by atoms with Crippen molar-refractivity contribution < 1.29 is 19.2 Å². The van der Waals surface area contributed by atoms with Crippen LogP contribution in [0.1, 0.15) is 20.3 Å². The molecule has 0 spiro atoms. The van der Waals surface area contributed by atoms with Gasteiger partial charge in [-0.2, -0.15) is 0 Å². The van der Waals surface area contributed by atoms with Crippen LogP contribution >= 0.6 is 0 Å². The fourth-order valence-corrected chi connectivity index (χ4v) is 1.40. The van der Waals surface area contributed by atoms with Crippen molar-refractivity contribution in [2.75, 3.05) is 11.9 Å². The maximum absolute atomic E-state index is 13.6. The van der Waals surface area contributed by atoms with Crippen molar-refractivity contribution in [3.63, 3.8) is 0 Å². The van der Waals surface area contributed by atoms with Gasteiger partial charge in [0.1, 0.15) is 0 Å². The summed E-state index contributed by atoms with van der Waals surface area (Å²) in [6.45, 7) is 3.31. The second kappa shape index (κ2) is 5.64. The highest BCUT2D eigenvalue weighted by Crippen LogP contribution is 2.25. The minimum Gasteiger partial charge on any atom is -0.481 e. The number of nitrogens with zero attached hydrogens (tertiary/aromatic N) is 1. The number of hydrogen-bond donors (Lipinski definition) is 2. The third-order valence-corrected chi connectivity index (χ3v) is 3.13. The van der Waals surface area contributed by atoms with Crippen LogP contribution in [0.2, 0.25) is 0 Å². The molecule has 0 amide bonds. The molecule has 1 unspecified atom stereocenters. The Morgan fingerprint density at radius 1 is 1.58 bits per heavy atom. The molecule has 1 atom stereocenters. The lowest BCUT2D eigenvalue weighted by Crippen LogP contribution is -2.34. The Hall–Kier alpha value is -2.18. The van der Waals surface area contributed by atoms with Crippen LogP contribution in [-0.2, 0) is 4.79 Å². The number of rotatable bonds is 6. The molecule has 0 fully saturated rings. The first kappa shape index (κ1) is 14.9. The SMILES string of the molecule is CCC(C)(CNc1ccc([N+](=O)[O-])cc1F)C(=O)O. The number of benzene rings is 1. The summed E-state index contributed by atoms with van der Waals surface area (Å²) in [5.74, 6) is -1.76. The van der Waals surface area contributed by atoms with Crippen molar-refractivity contribution in [2.24, 2.45) is 5.41 Å². The lowest BCUT2D eigenvalue weighted by atomic mass is 9.87. The van der Waals surface area contributed by atoms with Gasteiger partial charge in [0.25, 0.3) is 5.69 Å². The number of non-ortho nitro benzene ring substituents is 1. The number of anilines is 1. The Labute approximate surface area is 109 Å². The molecule has 104 valence electrons. The molecule has 1 aromatic rings. The molecule has 7 heteroatoms. The predicted octanol–water partition coefficient (Wildman–Crippen LogP) is 2.65. The molecule has 6 nitrogen and oxygen atoms in total. The summed E-state index contributed by atoms with van der Waals surface area (Å²) < 4.78 is 13.6. The highest BCUT2D eigenvalue weighted by Gasteiger charge is 2.31. The lowest BCUT2D eigenvalue weighted by molar-refractivity contribution is -0.385. The van der Waals surface area contributed by atoms with Crippen molar-refractivity contribution in [2.45, 2.75) is 20.3 Å². The molecule has 0 aliphatic heterocycles. The van der Waals surface area contributed by atoms with Gasteiger partial charge in [0.05, 0.1) is 22.1 Å². The van der Waals surface area contributed by atoms with Crippen molar-refractivity contribution in [3.05, 3.63) is 34.1 Å². The molecule has 0 aliphatic rings. The molecule has 0 aliphatic carbocycles. The standard InChI is InChI=1S/C12H15FN2O4/c1-3-12(2,11(16)17)7-14-10-5-4-8(15(18)19)6-9(10)13/h4-6,14H,3,7H2,1-2H3,(H,16,17). The number of halogens is 1. The number of carboxylic acids is 1. The highest BCUT2D eigenvalue weighted by atomic mass is 19.1. The van der Waals surface area contributed by atoms with E-state index in [-0.39, 0.29) is 17.9 Å². The van der Waals surface area contributed by atoms with E-state index in [1.54, 1.807) is 13.8 Å². The van der Waals surface area contributed by atoms with Crippen molar-refractivity contribution in [1.29, 1.82) is 0 Å². The van der Waals surface area contributed by atoms with E-state index in [4.69, 9.17) is 5.11 Å². The molecule has 0 radical (unpaired) electrons. The highest BCUT2D eigenvalue weighted by molar-refractivity contribution is 5.75. The van der Waals surface area contributed by atoms with Gasteiger partial charge in [-0.15, -0.1) is 0 Å². The molecule has 1 rings (SSSR count). The number of carboxylic acid groups (broad SMARTS) is 1. The third-order valence-electron chi connectivity index (χ3n) is 3.13. The smallest absolute Gasteiger partial charge is 0.311 e. The van der Waals surface area contributed by atoms with Crippen LogP contribution in [0.4, 0.5) is 15.8 Å². The zero-order valence-electron chi connectivity index (χ0n) is 10.6. The van der Waals surface area contributed by atoms with E-state index in [1.807, 2.05) is 0 Å². The first-order valence-electron chi connectivity index (χ1n) is 5.71. The number of carbonyl (C=O) groups is 1. The molecule has 0 bridgehead atoms. The minimum absolute atomic E-state index is 0.0353. The number of nitrogens with one attached hydrogen (secondary N) is 1. The van der Waals surface area contributed by atoms with E-state index in [2.05, 4.69) is 5.32 Å². The maximum Gasteiger partial charge on any atom is 0.311 e. The molecule has 1 aromatic carbocycles. The Bertz CT molecular complexity index is 507. The van der Waals surface area contributed by atoms with Gasteiger partial charge in [0.15, 0.2) is 5.82 Å². The second-order valence-corrected chi connectivity index (χ2v) is 4.49. The average molecular weight is 270 g/mol. The third kappa shape index (κ3) is 3.40. The van der Waals surface area contributed by atoms with Crippen molar-refractivity contribution in [1.82, 2.24) is 0 Å². The average Bonchev–Trinajstić information content (AvgIpc) is 2.36. The van der Waals surface area contributed by atoms with Crippen LogP contribution < -0.4 is 5.32 Å². The molecule has 0 aromatic heterocycles. The van der Waals surface area contributed by atoms with Gasteiger partial charge in [-0.3, -0.25) is 14.9 Å². The zero-order chi connectivity index (χ0) is 14.6. The van der Waals surface area contributed by atoms with Gasteiger partial charge in [0, 0.05) is 12.6 Å². The van der Waals surface area contributed by atoms with E-state index in [0.29, 0.717) is 6.42 Å². The van der Waals surface area contributed by atoms with E-state index in [1.165, 1.54) is 6.07 Å². The summed E-state index contributed by atoms with van der Waals surface area (Å²) in [4.78, 5) is 20.8. The zero-order valence-corrected chi connectivity index (χ0v) is 10.6. The summed E-state index contributed by atoms with van der Waals surface area (Å²) in [6, 6.07) is 3.19. The van der Waals surface area contributed by atoms with Crippen LogP contribution in [0.5, 0.6) is 0 Å². The Morgan fingerprint density at radius 3 is 2.63 bits per heavy atom. The molecule has 19 heavy (non-hydrogen) atoms. The molecule has 0 saturated carbocycles. The van der Waals surface area contributed by atoms with E-state index in [9.17, 15) is 19.3 Å². The molecule has 0 heterocycles. The van der Waals surface area contributed by atoms with Gasteiger partial charge in [0.2, 0.25) is 0 Å². The van der Waals surface area contributed by atoms with Crippen molar-refractivity contribution in [3.8, 4) is 0 Å². The second-order valence-electron chi connectivity index (χ2n) is 4.49. The summed E-state index contributed by atoms with van der Waals surface area (Å²) in [5, 5.41) is 22.2. The molecule has 2 N–H and O–H groups in total. The maximum atomic E-state index is 13.6. The van der Waals surface area contributed by atoms with Gasteiger partial charge in [-0.25, -0.2) is 4.39 Å². The van der Waals surface area contributed by atoms with Crippen LogP contribution in [0.25, 0.3) is 0 Å². The first-order chi connectivity index (χ1) is 8.80. The fourth-order valence-electron chi connectivity index (χ4n) is 1.40. The monoisotopic (exact) mass is 270 g/mol. The predicted molar refractivity (Wildman–Crippen MR) is 67.6 cm³/mol. The number of hydrogen-bond acceptors (Lipinski definition) is 4. The fraction of sp³-hybridized carbons (Fsp3) is 0.417. The van der Waals surface area contributed by atoms with Gasteiger partial charge in [-0.1, -0.05) is 6.92 Å². The number of nitro groups is 1. The normalized spacial score (nSPS) is 13.6.